The van der Waals surface area contributed by atoms with Gasteiger partial charge in [0.25, 0.3) is 5.91 Å². The number of aromatic nitrogens is 2. The van der Waals surface area contributed by atoms with Gasteiger partial charge < -0.3 is 20.1 Å². The van der Waals surface area contributed by atoms with E-state index in [1.807, 2.05) is 16.9 Å². The third-order valence-corrected chi connectivity index (χ3v) is 5.07. The number of aromatic hydroxyl groups is 1. The number of carbonyl (C=O) groups is 1. The molecule has 2 aliphatic rings. The van der Waals surface area contributed by atoms with Gasteiger partial charge in [-0.3, -0.25) is 9.48 Å². The van der Waals surface area contributed by atoms with Crippen LogP contribution in [0.5, 0.6) is 5.75 Å². The van der Waals surface area contributed by atoms with Crippen molar-refractivity contribution in [2.75, 3.05) is 32.8 Å². The highest BCUT2D eigenvalue weighted by atomic mass is 35.5. The molecule has 0 bridgehead atoms. The largest absolute Gasteiger partial charge is 0.508 e. The fourth-order valence-electron chi connectivity index (χ4n) is 3.64. The lowest BCUT2D eigenvalue weighted by Crippen LogP contribution is -2.42. The van der Waals surface area contributed by atoms with Crippen LogP contribution in [0.2, 0.25) is 0 Å². The van der Waals surface area contributed by atoms with Crippen molar-refractivity contribution in [1.29, 1.82) is 0 Å². The molecular weight excluding hydrogens is 368 g/mol. The Morgan fingerprint density at radius 2 is 2.22 bits per heavy atom. The quantitative estimate of drug-likeness (QED) is 0.836. The van der Waals surface area contributed by atoms with Crippen molar-refractivity contribution >= 4 is 18.3 Å². The molecule has 2 atom stereocenters. The Hall–Kier alpha value is -2.09. The molecule has 27 heavy (non-hydrogen) atoms. The van der Waals surface area contributed by atoms with Crippen molar-refractivity contribution < 1.29 is 14.6 Å². The molecule has 2 unspecified atom stereocenters. The molecule has 7 nitrogen and oxygen atoms in total. The highest BCUT2D eigenvalue weighted by molar-refractivity contribution is 5.92. The lowest BCUT2D eigenvalue weighted by atomic mass is 10.1. The lowest BCUT2D eigenvalue weighted by molar-refractivity contribution is -0.0231. The van der Waals surface area contributed by atoms with Crippen LogP contribution in [0.4, 0.5) is 0 Å². The maximum Gasteiger partial charge on any atom is 0.274 e. The highest BCUT2D eigenvalue weighted by Crippen LogP contribution is 2.26. The number of phenolic OH excluding ortho intramolecular Hbond substituents is 1. The van der Waals surface area contributed by atoms with Crippen molar-refractivity contribution in [3.8, 4) is 5.75 Å². The van der Waals surface area contributed by atoms with E-state index in [1.165, 1.54) is 0 Å². The number of morpholine rings is 1. The second-order valence-corrected chi connectivity index (χ2v) is 6.89. The zero-order valence-corrected chi connectivity index (χ0v) is 15.9. The van der Waals surface area contributed by atoms with Crippen molar-refractivity contribution in [3.63, 3.8) is 0 Å². The number of ether oxygens (including phenoxy) is 1. The molecule has 8 heteroatoms. The van der Waals surface area contributed by atoms with Crippen LogP contribution in [-0.4, -0.2) is 58.5 Å². The summed E-state index contributed by atoms with van der Waals surface area (Å²) in [4.78, 5) is 14.7. The summed E-state index contributed by atoms with van der Waals surface area (Å²) in [5.41, 5.74) is 1.36. The number of rotatable bonds is 3. The number of nitrogens with zero attached hydrogens (tertiary/aromatic N) is 3. The molecule has 2 aliphatic heterocycles. The minimum atomic E-state index is -0.232. The minimum absolute atomic E-state index is 0. The zero-order valence-electron chi connectivity index (χ0n) is 15.1. The van der Waals surface area contributed by atoms with Gasteiger partial charge in [0.15, 0.2) is 0 Å². The molecular formula is C19H25ClN4O3. The summed E-state index contributed by atoms with van der Waals surface area (Å²) in [6.45, 7) is 3.42. The Bertz CT molecular complexity index is 776. The van der Waals surface area contributed by atoms with Gasteiger partial charge in [0, 0.05) is 19.3 Å². The Labute approximate surface area is 164 Å². The van der Waals surface area contributed by atoms with E-state index in [-0.39, 0.29) is 30.2 Å². The molecule has 1 amide bonds. The first-order chi connectivity index (χ1) is 12.7. The number of hydrogen-bond donors (Lipinski definition) is 2. The van der Waals surface area contributed by atoms with E-state index in [4.69, 9.17) is 4.74 Å². The normalized spacial score (nSPS) is 22.9. The Kier molecular flexibility index (Phi) is 6.36. The smallest absolute Gasteiger partial charge is 0.274 e. The van der Waals surface area contributed by atoms with Crippen molar-refractivity contribution in [2.45, 2.75) is 25.0 Å². The molecule has 2 saturated heterocycles. The average molecular weight is 393 g/mol. The van der Waals surface area contributed by atoms with Crippen LogP contribution in [0, 0.1) is 0 Å². The Balaban J connectivity index is 0.00000210. The molecule has 0 saturated carbocycles. The van der Waals surface area contributed by atoms with Crippen molar-refractivity contribution in [2.24, 2.45) is 0 Å². The van der Waals surface area contributed by atoms with Crippen LogP contribution < -0.4 is 5.32 Å². The fraction of sp³-hybridized carbons (Fsp3) is 0.474. The first-order valence-electron chi connectivity index (χ1n) is 9.16. The summed E-state index contributed by atoms with van der Waals surface area (Å²) in [6.07, 6.45) is 3.88. The second kappa shape index (κ2) is 8.73. The van der Waals surface area contributed by atoms with Gasteiger partial charge in [0.05, 0.1) is 19.2 Å². The average Bonchev–Trinajstić information content (AvgIpc) is 3.18. The van der Waals surface area contributed by atoms with Gasteiger partial charge in [-0.2, -0.15) is 5.10 Å². The van der Waals surface area contributed by atoms with Crippen LogP contribution in [-0.2, 0) is 4.74 Å². The van der Waals surface area contributed by atoms with E-state index in [9.17, 15) is 9.90 Å². The fourth-order valence-corrected chi connectivity index (χ4v) is 3.64. The molecule has 0 aliphatic carbocycles. The van der Waals surface area contributed by atoms with Gasteiger partial charge in [0.2, 0.25) is 0 Å². The number of nitrogens with one attached hydrogen (secondary N) is 1. The summed E-state index contributed by atoms with van der Waals surface area (Å²) in [7, 11) is 0. The number of carbonyl (C=O) groups excluding carboxylic acids is 1. The third kappa shape index (κ3) is 4.43. The van der Waals surface area contributed by atoms with Crippen LogP contribution >= 0.6 is 12.4 Å². The van der Waals surface area contributed by atoms with Gasteiger partial charge >= 0.3 is 0 Å². The molecule has 1 aromatic heterocycles. The number of benzene rings is 1. The number of amides is 1. The zero-order chi connectivity index (χ0) is 17.9. The summed E-state index contributed by atoms with van der Waals surface area (Å²) in [5.74, 6) is 0.135. The van der Waals surface area contributed by atoms with Gasteiger partial charge in [-0.05, 0) is 43.1 Å². The molecule has 3 heterocycles. The summed E-state index contributed by atoms with van der Waals surface area (Å²) < 4.78 is 7.71. The van der Waals surface area contributed by atoms with Gasteiger partial charge in [-0.1, -0.05) is 12.1 Å². The maximum absolute atomic E-state index is 12.9. The standard InChI is InChI=1S/C19H24N4O3.ClH/c24-16-5-1-3-14(11-16)18-13-22(9-10-26-18)19(25)17-6-8-23(21-17)15-4-2-7-20-12-15;/h1,3,5-6,8,11,15,18,20,24H,2,4,7,9-10,12-13H2;1H. The monoisotopic (exact) mass is 392 g/mol. The second-order valence-electron chi connectivity index (χ2n) is 6.89. The van der Waals surface area contributed by atoms with Crippen LogP contribution in [0.15, 0.2) is 36.5 Å². The number of phenols is 1. The van der Waals surface area contributed by atoms with E-state index in [0.717, 1.165) is 31.5 Å². The number of halogens is 1. The van der Waals surface area contributed by atoms with Crippen molar-refractivity contribution in [3.05, 3.63) is 47.8 Å². The molecule has 2 N–H and O–H groups in total. The summed E-state index contributed by atoms with van der Waals surface area (Å²) in [5, 5.41) is 17.6. The van der Waals surface area contributed by atoms with Gasteiger partial charge in [-0.15, -0.1) is 12.4 Å². The molecule has 1 aromatic carbocycles. The van der Waals surface area contributed by atoms with Gasteiger partial charge in [0.1, 0.15) is 17.5 Å². The van der Waals surface area contributed by atoms with E-state index in [0.29, 0.717) is 31.4 Å². The van der Waals surface area contributed by atoms with E-state index in [1.54, 1.807) is 29.2 Å². The van der Waals surface area contributed by atoms with Crippen LogP contribution in [0.25, 0.3) is 0 Å². The first-order valence-corrected chi connectivity index (χ1v) is 9.16. The Morgan fingerprint density at radius 3 is 3.00 bits per heavy atom. The first kappa shape index (κ1) is 19.7. The molecule has 146 valence electrons. The van der Waals surface area contributed by atoms with E-state index >= 15 is 0 Å². The maximum atomic E-state index is 12.9. The Morgan fingerprint density at radius 1 is 1.33 bits per heavy atom. The topological polar surface area (TPSA) is 79.6 Å². The van der Waals surface area contributed by atoms with Crippen LogP contribution in [0.3, 0.4) is 0 Å². The predicted molar refractivity (Wildman–Crippen MR) is 103 cm³/mol. The molecule has 0 radical (unpaired) electrons. The molecule has 2 aromatic rings. The van der Waals surface area contributed by atoms with Gasteiger partial charge in [-0.25, -0.2) is 0 Å². The lowest BCUT2D eigenvalue weighted by Gasteiger charge is -2.32. The van der Waals surface area contributed by atoms with E-state index < -0.39 is 0 Å². The highest BCUT2D eigenvalue weighted by Gasteiger charge is 2.28. The number of piperidine rings is 1. The number of hydrogen-bond acceptors (Lipinski definition) is 5. The molecule has 4 rings (SSSR count). The minimum Gasteiger partial charge on any atom is -0.508 e. The summed E-state index contributed by atoms with van der Waals surface area (Å²) >= 11 is 0. The summed E-state index contributed by atoms with van der Waals surface area (Å²) in [6, 6.07) is 9.12. The van der Waals surface area contributed by atoms with Crippen molar-refractivity contribution in [1.82, 2.24) is 20.0 Å². The predicted octanol–water partition coefficient (Wildman–Crippen LogP) is 2.15. The van der Waals surface area contributed by atoms with Crippen LogP contribution in [0.1, 0.15) is 41.0 Å². The SMILES string of the molecule is Cl.O=C(c1ccn(C2CCCNC2)n1)N1CCOC(c2cccc(O)c2)C1. The molecule has 0 spiro atoms. The third-order valence-electron chi connectivity index (χ3n) is 5.07. The van der Waals surface area contributed by atoms with E-state index in [2.05, 4.69) is 10.4 Å². The molecule has 2 fully saturated rings.